The summed E-state index contributed by atoms with van der Waals surface area (Å²) in [5.41, 5.74) is 7.51. The summed E-state index contributed by atoms with van der Waals surface area (Å²) in [6.45, 7) is 0.766. The number of rotatable bonds is 0. The Kier molecular flexibility index (Phi) is 2.38. The third-order valence-electron chi connectivity index (χ3n) is 2.09. The second kappa shape index (κ2) is 3.38. The quantitative estimate of drug-likeness (QED) is 0.768. The molecule has 0 unspecified atom stereocenters. The van der Waals surface area contributed by atoms with Crippen LogP contribution in [0.1, 0.15) is 5.69 Å². The van der Waals surface area contributed by atoms with E-state index < -0.39 is 0 Å². The lowest BCUT2D eigenvalue weighted by atomic mass is 10.3. The number of pyridine rings is 1. The van der Waals surface area contributed by atoms with Crippen molar-refractivity contribution in [3.63, 3.8) is 0 Å². The Morgan fingerprint density at radius 2 is 2.38 bits per heavy atom. The van der Waals surface area contributed by atoms with Crippen molar-refractivity contribution in [3.05, 3.63) is 26.6 Å². The number of thioether (sulfide) groups is 1. The van der Waals surface area contributed by atoms with E-state index in [0.717, 1.165) is 23.7 Å². The number of anilines is 1. The zero-order valence-electron chi connectivity index (χ0n) is 6.92. The highest BCUT2D eigenvalue weighted by molar-refractivity contribution is 9.10. The molecule has 0 fully saturated rings. The maximum atomic E-state index is 11.6. The highest BCUT2D eigenvalue weighted by atomic mass is 79.9. The first-order valence-corrected chi connectivity index (χ1v) is 5.90. The average molecular weight is 261 g/mol. The fourth-order valence-corrected chi connectivity index (χ4v) is 2.84. The minimum atomic E-state index is 0.0319. The van der Waals surface area contributed by atoms with Crippen LogP contribution in [0.25, 0.3) is 0 Å². The number of halogens is 1. The van der Waals surface area contributed by atoms with Gasteiger partial charge in [0, 0.05) is 18.1 Å². The molecule has 0 bridgehead atoms. The van der Waals surface area contributed by atoms with Crippen LogP contribution in [-0.2, 0) is 12.3 Å². The number of hydrogen-bond donors (Lipinski definition) is 1. The monoisotopic (exact) mass is 260 g/mol. The predicted octanol–water partition coefficient (Wildman–Crippen LogP) is 1.44. The van der Waals surface area contributed by atoms with Gasteiger partial charge in [0.15, 0.2) is 0 Å². The summed E-state index contributed by atoms with van der Waals surface area (Å²) in [6, 6.07) is 1.69. The Balaban J connectivity index is 2.70. The van der Waals surface area contributed by atoms with Crippen LogP contribution in [0.3, 0.4) is 0 Å². The molecule has 13 heavy (non-hydrogen) atoms. The Morgan fingerprint density at radius 1 is 1.62 bits per heavy atom. The van der Waals surface area contributed by atoms with Crippen molar-refractivity contribution in [1.82, 2.24) is 4.57 Å². The zero-order valence-corrected chi connectivity index (χ0v) is 9.32. The molecule has 5 heteroatoms. The Labute approximate surface area is 88.4 Å². The molecule has 2 heterocycles. The molecule has 0 amide bonds. The molecule has 0 radical (unpaired) electrons. The van der Waals surface area contributed by atoms with Crippen LogP contribution in [0.4, 0.5) is 5.69 Å². The number of nitrogens with two attached hydrogens (primary N) is 1. The van der Waals surface area contributed by atoms with Crippen molar-refractivity contribution >= 4 is 33.4 Å². The van der Waals surface area contributed by atoms with Crippen molar-refractivity contribution in [2.75, 3.05) is 11.5 Å². The second-order valence-corrected chi connectivity index (χ2v) is 4.86. The number of nitrogen functional groups attached to an aromatic ring is 1. The van der Waals surface area contributed by atoms with E-state index in [9.17, 15) is 4.79 Å². The van der Waals surface area contributed by atoms with Gasteiger partial charge in [-0.25, -0.2) is 0 Å². The van der Waals surface area contributed by atoms with Crippen molar-refractivity contribution in [2.24, 2.45) is 0 Å². The fraction of sp³-hybridized carbons (Fsp3) is 0.375. The number of nitrogens with zero attached hydrogens (tertiary/aromatic N) is 1. The summed E-state index contributed by atoms with van der Waals surface area (Å²) in [5.74, 6) is 1.83. The van der Waals surface area contributed by atoms with E-state index in [-0.39, 0.29) is 5.56 Å². The summed E-state index contributed by atoms with van der Waals surface area (Å²) in [6.07, 6.45) is 0. The van der Waals surface area contributed by atoms with Gasteiger partial charge in [-0.3, -0.25) is 4.79 Å². The molecule has 3 nitrogen and oxygen atoms in total. The molecule has 70 valence electrons. The third kappa shape index (κ3) is 1.50. The van der Waals surface area contributed by atoms with Crippen LogP contribution in [0.5, 0.6) is 0 Å². The van der Waals surface area contributed by atoms with Crippen molar-refractivity contribution in [3.8, 4) is 0 Å². The van der Waals surface area contributed by atoms with Gasteiger partial charge in [-0.1, -0.05) is 0 Å². The normalized spacial score (nSPS) is 15.5. The Bertz CT molecular complexity index is 402. The van der Waals surface area contributed by atoms with E-state index in [2.05, 4.69) is 15.9 Å². The SMILES string of the molecule is Nc1cc(Br)c(=O)n2c1CSCC2. The molecule has 0 atom stereocenters. The van der Waals surface area contributed by atoms with Gasteiger partial charge in [0.2, 0.25) is 0 Å². The van der Waals surface area contributed by atoms with Gasteiger partial charge < -0.3 is 10.3 Å². The summed E-state index contributed by atoms with van der Waals surface area (Å²) in [7, 11) is 0. The summed E-state index contributed by atoms with van der Waals surface area (Å²) < 4.78 is 2.32. The van der Waals surface area contributed by atoms with Gasteiger partial charge >= 0.3 is 0 Å². The topological polar surface area (TPSA) is 48.0 Å². The molecular weight excluding hydrogens is 252 g/mol. The number of hydrogen-bond acceptors (Lipinski definition) is 3. The van der Waals surface area contributed by atoms with Gasteiger partial charge in [-0.05, 0) is 22.0 Å². The predicted molar refractivity (Wildman–Crippen MR) is 59.0 cm³/mol. The zero-order chi connectivity index (χ0) is 9.42. The molecule has 0 aromatic carbocycles. The van der Waals surface area contributed by atoms with E-state index >= 15 is 0 Å². The smallest absolute Gasteiger partial charge is 0.265 e. The molecule has 2 N–H and O–H groups in total. The van der Waals surface area contributed by atoms with Gasteiger partial charge in [-0.15, -0.1) is 0 Å². The maximum Gasteiger partial charge on any atom is 0.265 e. The van der Waals surface area contributed by atoms with Crippen LogP contribution in [0, 0.1) is 0 Å². The molecule has 0 spiro atoms. The minimum absolute atomic E-state index is 0.0319. The van der Waals surface area contributed by atoms with Gasteiger partial charge in [-0.2, -0.15) is 11.8 Å². The van der Waals surface area contributed by atoms with Crippen LogP contribution >= 0.6 is 27.7 Å². The summed E-state index contributed by atoms with van der Waals surface area (Å²) in [4.78, 5) is 11.6. The highest BCUT2D eigenvalue weighted by Gasteiger charge is 2.14. The molecule has 2 rings (SSSR count). The number of aromatic nitrogens is 1. The Morgan fingerprint density at radius 3 is 3.15 bits per heavy atom. The van der Waals surface area contributed by atoms with Crippen molar-refractivity contribution < 1.29 is 0 Å². The van der Waals surface area contributed by atoms with Crippen LogP contribution in [0.15, 0.2) is 15.3 Å². The molecule has 1 aromatic rings. The fourth-order valence-electron chi connectivity index (χ4n) is 1.41. The molecule has 1 aliphatic rings. The van der Waals surface area contributed by atoms with E-state index in [1.54, 1.807) is 10.6 Å². The lowest BCUT2D eigenvalue weighted by Crippen LogP contribution is -2.28. The van der Waals surface area contributed by atoms with Crippen LogP contribution in [-0.4, -0.2) is 10.3 Å². The molecule has 0 saturated carbocycles. The lowest BCUT2D eigenvalue weighted by Gasteiger charge is -2.19. The van der Waals surface area contributed by atoms with E-state index in [1.165, 1.54) is 0 Å². The lowest BCUT2D eigenvalue weighted by molar-refractivity contribution is 0.690. The first-order valence-electron chi connectivity index (χ1n) is 3.95. The molecular formula is C8H9BrN2OS. The standard InChI is InChI=1S/C8H9BrN2OS/c9-5-3-6(10)7-4-13-2-1-11(7)8(5)12/h3H,1-2,4,10H2. The van der Waals surface area contributed by atoms with Crippen molar-refractivity contribution in [2.45, 2.75) is 12.3 Å². The Hall–Kier alpha value is -0.420. The van der Waals surface area contributed by atoms with E-state index in [0.29, 0.717) is 10.2 Å². The third-order valence-corrected chi connectivity index (χ3v) is 3.61. The molecule has 0 aliphatic carbocycles. The second-order valence-electron chi connectivity index (χ2n) is 2.90. The van der Waals surface area contributed by atoms with E-state index in [4.69, 9.17) is 5.73 Å². The first kappa shape index (κ1) is 9.15. The molecule has 1 aromatic heterocycles. The van der Waals surface area contributed by atoms with Crippen LogP contribution in [0.2, 0.25) is 0 Å². The van der Waals surface area contributed by atoms with Gasteiger partial charge in [0.25, 0.3) is 5.56 Å². The van der Waals surface area contributed by atoms with Gasteiger partial charge in [0.1, 0.15) is 0 Å². The summed E-state index contributed by atoms with van der Waals surface area (Å²) in [5, 5.41) is 0. The largest absolute Gasteiger partial charge is 0.397 e. The summed E-state index contributed by atoms with van der Waals surface area (Å²) >= 11 is 5.02. The van der Waals surface area contributed by atoms with Crippen LogP contribution < -0.4 is 11.3 Å². The maximum absolute atomic E-state index is 11.6. The van der Waals surface area contributed by atoms with E-state index in [1.807, 2.05) is 11.8 Å². The first-order chi connectivity index (χ1) is 6.20. The average Bonchev–Trinajstić information content (AvgIpc) is 2.15. The van der Waals surface area contributed by atoms with Crippen molar-refractivity contribution in [1.29, 1.82) is 0 Å². The molecule has 0 saturated heterocycles. The minimum Gasteiger partial charge on any atom is -0.397 e. The molecule has 1 aliphatic heterocycles. The number of fused-ring (bicyclic) bond motifs is 1. The highest BCUT2D eigenvalue weighted by Crippen LogP contribution is 2.24. The van der Waals surface area contributed by atoms with Gasteiger partial charge in [0.05, 0.1) is 15.9 Å².